The largest absolute Gasteiger partial charge is 0.356 e. The summed E-state index contributed by atoms with van der Waals surface area (Å²) in [6.45, 7) is 6.99. The molecule has 0 bridgehead atoms. The van der Waals surface area contributed by atoms with Gasteiger partial charge in [-0.3, -0.25) is 5.32 Å². The fraction of sp³-hybridized carbons (Fsp3) is 0.667. The third-order valence-electron chi connectivity index (χ3n) is 1.61. The number of aromatic nitrogens is 3. The predicted octanol–water partition coefficient (Wildman–Crippen LogP) is 1.03. The number of nitrogens with one attached hydrogen (secondary N) is 3. The van der Waals surface area contributed by atoms with Crippen molar-refractivity contribution in [3.05, 3.63) is 15.3 Å². The number of aromatic amines is 1. The summed E-state index contributed by atoms with van der Waals surface area (Å²) in [5.41, 5.74) is 0. The molecule has 0 amide bonds. The van der Waals surface area contributed by atoms with Crippen LogP contribution in [0.4, 0.5) is 11.9 Å². The molecule has 1 aromatic rings. The lowest BCUT2D eigenvalue weighted by molar-refractivity contribution is -0.421. The van der Waals surface area contributed by atoms with Crippen LogP contribution < -0.4 is 15.6 Å². The molecule has 0 aliphatic carbocycles. The van der Waals surface area contributed by atoms with E-state index >= 15 is 0 Å². The Bertz CT molecular complexity index is 400. The minimum Gasteiger partial charge on any atom is -0.356 e. The summed E-state index contributed by atoms with van der Waals surface area (Å²) in [5, 5.41) is 21.9. The molecular weight excluding hydrogens is 272 g/mol. The van der Waals surface area contributed by atoms with Crippen molar-refractivity contribution in [2.45, 2.75) is 32.0 Å². The molecule has 0 aromatic carbocycles. The van der Waals surface area contributed by atoms with Gasteiger partial charge in [0, 0.05) is 12.6 Å². The number of nitrogens with zero attached hydrogens (tertiary/aromatic N) is 3. The Morgan fingerprint density at radius 3 is 2.42 bits per heavy atom. The lowest BCUT2D eigenvalue weighted by Gasteiger charge is -2.05. The van der Waals surface area contributed by atoms with E-state index < -0.39 is 5.09 Å². The van der Waals surface area contributed by atoms with Crippen LogP contribution in [-0.4, -0.2) is 33.9 Å². The maximum absolute atomic E-state index is 8.25. The van der Waals surface area contributed by atoms with Crippen molar-refractivity contribution in [2.75, 3.05) is 23.4 Å². The Kier molecular flexibility index (Phi) is 8.25. The molecular formula is C9H18N6O3S. The van der Waals surface area contributed by atoms with Gasteiger partial charge >= 0.3 is 11.9 Å². The van der Waals surface area contributed by atoms with Gasteiger partial charge in [0.05, 0.1) is 5.09 Å². The van der Waals surface area contributed by atoms with E-state index in [0.717, 1.165) is 17.6 Å². The van der Waals surface area contributed by atoms with Gasteiger partial charge in [-0.2, -0.15) is 0 Å². The van der Waals surface area contributed by atoms with E-state index in [1.165, 1.54) is 0 Å². The van der Waals surface area contributed by atoms with Crippen LogP contribution in [0.2, 0.25) is 0 Å². The Morgan fingerprint density at radius 1 is 1.42 bits per heavy atom. The van der Waals surface area contributed by atoms with Gasteiger partial charge < -0.3 is 20.6 Å². The van der Waals surface area contributed by atoms with Crippen molar-refractivity contribution >= 4 is 23.7 Å². The Morgan fingerprint density at radius 2 is 2.00 bits per heavy atom. The van der Waals surface area contributed by atoms with Gasteiger partial charge in [-0.1, -0.05) is 21.7 Å². The fourth-order valence-electron chi connectivity index (χ4n) is 1.05. The first-order valence-electron chi connectivity index (χ1n) is 5.56. The first-order valence-corrected chi connectivity index (χ1v) is 6.78. The van der Waals surface area contributed by atoms with Gasteiger partial charge in [0.2, 0.25) is 0 Å². The molecule has 1 heterocycles. The summed E-state index contributed by atoms with van der Waals surface area (Å²) in [7, 11) is 0. The minimum atomic E-state index is -1.75. The molecule has 0 aliphatic heterocycles. The van der Waals surface area contributed by atoms with Crippen LogP contribution in [0, 0.1) is 15.3 Å². The second-order valence-corrected chi connectivity index (χ2v) is 4.38. The van der Waals surface area contributed by atoms with Crippen LogP contribution in [0.5, 0.6) is 0 Å². The normalized spacial score (nSPS) is 9.53. The number of hydrogen-bond acceptors (Lipinski definition) is 8. The van der Waals surface area contributed by atoms with Crippen LogP contribution in [0.15, 0.2) is 5.16 Å². The SMILES string of the molecule is CCNc1nc(NC(C)C)nc(SC)[nH+]1.O=[N+]([O-])[O-]. The van der Waals surface area contributed by atoms with Crippen molar-refractivity contribution < 1.29 is 10.1 Å². The molecule has 1 aromatic heterocycles. The Hall–Kier alpha value is -1.84. The summed E-state index contributed by atoms with van der Waals surface area (Å²) in [6.07, 6.45) is 1.98. The first-order chi connectivity index (χ1) is 8.88. The second-order valence-electron chi connectivity index (χ2n) is 3.58. The van der Waals surface area contributed by atoms with E-state index in [4.69, 9.17) is 15.3 Å². The minimum absolute atomic E-state index is 0.330. The number of rotatable bonds is 5. The van der Waals surface area contributed by atoms with E-state index in [9.17, 15) is 0 Å². The molecule has 9 nitrogen and oxygen atoms in total. The van der Waals surface area contributed by atoms with Crippen LogP contribution in [0.3, 0.4) is 0 Å². The third kappa shape index (κ3) is 8.83. The molecule has 19 heavy (non-hydrogen) atoms. The molecule has 0 unspecified atom stereocenters. The zero-order valence-corrected chi connectivity index (χ0v) is 12.1. The van der Waals surface area contributed by atoms with Gasteiger partial charge in [-0.15, -0.1) is 0 Å². The zero-order chi connectivity index (χ0) is 14.8. The second kappa shape index (κ2) is 9.14. The highest BCUT2D eigenvalue weighted by Crippen LogP contribution is 2.09. The first kappa shape index (κ1) is 17.2. The molecule has 3 N–H and O–H groups in total. The predicted molar refractivity (Wildman–Crippen MR) is 73.7 cm³/mol. The van der Waals surface area contributed by atoms with E-state index in [-0.39, 0.29) is 0 Å². The smallest absolute Gasteiger partial charge is 0.349 e. The lowest BCUT2D eigenvalue weighted by atomic mass is 10.4. The monoisotopic (exact) mass is 290 g/mol. The van der Waals surface area contributed by atoms with Crippen LogP contribution in [0.25, 0.3) is 0 Å². The van der Waals surface area contributed by atoms with Gasteiger partial charge in [0.15, 0.2) is 0 Å². The molecule has 0 spiro atoms. The Balaban J connectivity index is 0.000000711. The van der Waals surface area contributed by atoms with Crippen molar-refractivity contribution in [3.63, 3.8) is 0 Å². The summed E-state index contributed by atoms with van der Waals surface area (Å²) < 4.78 is 0. The van der Waals surface area contributed by atoms with Gasteiger partial charge in [-0.05, 0) is 27.0 Å². The van der Waals surface area contributed by atoms with E-state index in [2.05, 4.69) is 39.4 Å². The molecule has 108 valence electrons. The van der Waals surface area contributed by atoms with E-state index in [1.807, 2.05) is 13.2 Å². The zero-order valence-electron chi connectivity index (χ0n) is 11.3. The van der Waals surface area contributed by atoms with Crippen LogP contribution in [0.1, 0.15) is 20.8 Å². The van der Waals surface area contributed by atoms with Gasteiger partial charge in [0.1, 0.15) is 0 Å². The summed E-state index contributed by atoms with van der Waals surface area (Å²) in [4.78, 5) is 20.0. The highest BCUT2D eigenvalue weighted by molar-refractivity contribution is 7.98. The van der Waals surface area contributed by atoms with E-state index in [0.29, 0.717) is 12.0 Å². The van der Waals surface area contributed by atoms with Gasteiger partial charge in [0.25, 0.3) is 5.16 Å². The average Bonchev–Trinajstić information content (AvgIpc) is 2.27. The van der Waals surface area contributed by atoms with Crippen molar-refractivity contribution in [1.29, 1.82) is 0 Å². The third-order valence-corrected chi connectivity index (χ3v) is 2.19. The number of thioether (sulfide) groups is 1. The molecule has 0 fully saturated rings. The quantitative estimate of drug-likeness (QED) is 0.467. The van der Waals surface area contributed by atoms with E-state index in [1.54, 1.807) is 11.8 Å². The number of hydrogen-bond donors (Lipinski definition) is 2. The standard InChI is InChI=1S/C9H17N5S.NO3/c1-5-10-7-12-8(11-6(2)3)14-9(13-7)15-4;2-1(3)4/h6H,5H2,1-4H3,(H2,10,11,12,13,14);/q;-1/p+1. The summed E-state index contributed by atoms with van der Waals surface area (Å²) in [5.74, 6) is 1.41. The fourth-order valence-corrected chi connectivity index (χ4v) is 1.43. The molecule has 0 radical (unpaired) electrons. The Labute approximate surface area is 115 Å². The molecule has 0 saturated heterocycles. The van der Waals surface area contributed by atoms with Crippen LogP contribution in [-0.2, 0) is 0 Å². The molecule has 0 saturated carbocycles. The highest BCUT2D eigenvalue weighted by Gasteiger charge is 2.12. The van der Waals surface area contributed by atoms with Crippen molar-refractivity contribution in [2.24, 2.45) is 0 Å². The van der Waals surface area contributed by atoms with Crippen molar-refractivity contribution in [1.82, 2.24) is 9.97 Å². The summed E-state index contributed by atoms with van der Waals surface area (Å²) >= 11 is 1.56. The maximum Gasteiger partial charge on any atom is 0.349 e. The maximum atomic E-state index is 8.25. The molecule has 10 heteroatoms. The highest BCUT2D eigenvalue weighted by atomic mass is 32.2. The average molecular weight is 290 g/mol. The molecule has 0 aliphatic rings. The van der Waals surface area contributed by atoms with Gasteiger partial charge in [-0.25, -0.2) is 4.98 Å². The van der Waals surface area contributed by atoms with Crippen LogP contribution >= 0.6 is 11.8 Å². The molecule has 0 atom stereocenters. The topological polar surface area (TPSA) is 130 Å². The summed E-state index contributed by atoms with van der Waals surface area (Å²) in [6, 6.07) is 0.330. The van der Waals surface area contributed by atoms with Crippen molar-refractivity contribution in [3.8, 4) is 0 Å². The number of anilines is 2. The number of H-pyrrole nitrogens is 1. The molecule has 1 rings (SSSR count). The lowest BCUT2D eigenvalue weighted by Crippen LogP contribution is -2.22.